The quantitative estimate of drug-likeness (QED) is 0.598. The molecule has 0 aliphatic carbocycles. The summed E-state index contributed by atoms with van der Waals surface area (Å²) in [5.41, 5.74) is 5.67. The molecule has 0 saturated heterocycles. The van der Waals surface area contributed by atoms with Gasteiger partial charge >= 0.3 is 0 Å². The van der Waals surface area contributed by atoms with Crippen LogP contribution >= 0.6 is 11.6 Å². The van der Waals surface area contributed by atoms with Crippen LogP contribution in [0.15, 0.2) is 23.1 Å². The number of benzene rings is 1. The van der Waals surface area contributed by atoms with Gasteiger partial charge in [0.1, 0.15) is 10.1 Å². The largest absolute Gasteiger partial charge is 0.398 e. The van der Waals surface area contributed by atoms with Crippen molar-refractivity contribution in [3.05, 3.63) is 23.2 Å². The van der Waals surface area contributed by atoms with Crippen LogP contribution in [0.3, 0.4) is 0 Å². The second-order valence-electron chi connectivity index (χ2n) is 4.13. The summed E-state index contributed by atoms with van der Waals surface area (Å²) in [7, 11) is -2.46. The van der Waals surface area contributed by atoms with E-state index in [4.69, 9.17) is 22.1 Å². The number of anilines is 1. The second-order valence-corrected chi connectivity index (χ2v) is 6.74. The monoisotopic (exact) mass is 320 g/mol. The van der Waals surface area contributed by atoms with Gasteiger partial charge in [0.05, 0.1) is 17.3 Å². The van der Waals surface area contributed by atoms with Gasteiger partial charge < -0.3 is 15.8 Å². The summed E-state index contributed by atoms with van der Waals surface area (Å²) >= 11 is 5.88. The second kappa shape index (κ2) is 6.92. The Morgan fingerprint density at radius 1 is 1.50 bits per heavy atom. The first-order valence-electron chi connectivity index (χ1n) is 5.87. The highest BCUT2D eigenvalue weighted by Gasteiger charge is 2.32. The Hall–Kier alpha value is -1.31. The van der Waals surface area contributed by atoms with Crippen LogP contribution in [0.25, 0.3) is 0 Å². The molecule has 112 valence electrons. The summed E-state index contributed by atoms with van der Waals surface area (Å²) in [5, 5.41) is 1.18. The molecule has 0 bridgehead atoms. The maximum Gasteiger partial charge on any atom is 0.238 e. The Morgan fingerprint density at radius 3 is 2.70 bits per heavy atom. The molecule has 1 aromatic rings. The number of nitrogen functional groups attached to an aromatic ring is 1. The summed E-state index contributed by atoms with van der Waals surface area (Å²) in [5.74, 6) is -0.624. The normalized spacial score (nSPS) is 12.9. The van der Waals surface area contributed by atoms with E-state index in [0.29, 0.717) is 6.61 Å². The maximum absolute atomic E-state index is 12.4. The van der Waals surface area contributed by atoms with E-state index in [2.05, 4.69) is 5.32 Å². The number of rotatable bonds is 6. The minimum absolute atomic E-state index is 0.00143. The zero-order valence-electron chi connectivity index (χ0n) is 11.2. The maximum atomic E-state index is 12.4. The molecule has 0 spiro atoms. The molecule has 0 fully saturated rings. The number of nitrogens with one attached hydrogen (secondary N) is 1. The molecule has 8 heteroatoms. The molecule has 6 nitrogen and oxygen atoms in total. The van der Waals surface area contributed by atoms with Crippen molar-refractivity contribution in [2.24, 2.45) is 0 Å². The molecule has 3 N–H and O–H groups in total. The van der Waals surface area contributed by atoms with Gasteiger partial charge in [0.2, 0.25) is 5.91 Å². The molecular weight excluding hydrogens is 304 g/mol. The molecule has 1 unspecified atom stereocenters. The lowest BCUT2D eigenvalue weighted by atomic mass is 10.3. The lowest BCUT2D eigenvalue weighted by Crippen LogP contribution is -2.39. The van der Waals surface area contributed by atoms with Gasteiger partial charge in [-0.3, -0.25) is 4.79 Å². The van der Waals surface area contributed by atoms with E-state index in [9.17, 15) is 13.2 Å². The molecule has 0 aromatic heterocycles. The Balaban J connectivity index is 3.01. The molecule has 1 rings (SSSR count). The summed E-state index contributed by atoms with van der Waals surface area (Å²) in [4.78, 5) is 11.6. The van der Waals surface area contributed by atoms with Gasteiger partial charge in [-0.25, -0.2) is 8.42 Å². The number of amides is 1. The Kier molecular flexibility index (Phi) is 5.79. The lowest BCUT2D eigenvalue weighted by Gasteiger charge is -2.15. The number of carbonyl (C=O) groups excluding carboxylic acids is 1. The Morgan fingerprint density at radius 2 is 2.15 bits per heavy atom. The standard InChI is InChI=1S/C12H17ClN2O4S/c1-8(12(16)15-6-7-19-2)20(17,18)11-9(13)4-3-5-10(11)14/h3-5,8H,6-7,14H2,1-2H3,(H,15,16). The van der Waals surface area contributed by atoms with Crippen LogP contribution < -0.4 is 11.1 Å². The van der Waals surface area contributed by atoms with E-state index in [1.807, 2.05) is 0 Å². The van der Waals surface area contributed by atoms with Crippen LogP contribution in [0.2, 0.25) is 5.02 Å². The molecule has 0 heterocycles. The van der Waals surface area contributed by atoms with Crippen LogP contribution in [-0.2, 0) is 19.4 Å². The number of hydrogen-bond acceptors (Lipinski definition) is 5. The number of halogens is 1. The summed E-state index contributed by atoms with van der Waals surface area (Å²) in [6, 6.07) is 4.38. The number of sulfone groups is 1. The van der Waals surface area contributed by atoms with Gasteiger partial charge in [-0.1, -0.05) is 17.7 Å². The Bertz CT molecular complexity index is 569. The average molecular weight is 321 g/mol. The van der Waals surface area contributed by atoms with Crippen molar-refractivity contribution < 1.29 is 17.9 Å². The highest BCUT2D eigenvalue weighted by molar-refractivity contribution is 7.93. The van der Waals surface area contributed by atoms with Crippen molar-refractivity contribution in [1.29, 1.82) is 0 Å². The van der Waals surface area contributed by atoms with Gasteiger partial charge in [0.25, 0.3) is 0 Å². The topological polar surface area (TPSA) is 98.5 Å². The van der Waals surface area contributed by atoms with Gasteiger partial charge in [-0.2, -0.15) is 0 Å². The van der Waals surface area contributed by atoms with Crippen molar-refractivity contribution in [1.82, 2.24) is 5.32 Å². The molecule has 1 atom stereocenters. The summed E-state index contributed by atoms with van der Waals surface area (Å²) in [6.45, 7) is 1.82. The zero-order valence-corrected chi connectivity index (χ0v) is 12.8. The third-order valence-corrected chi connectivity index (χ3v) is 5.32. The fraction of sp³-hybridized carbons (Fsp3) is 0.417. The fourth-order valence-corrected chi connectivity index (χ4v) is 3.52. The zero-order chi connectivity index (χ0) is 15.3. The van der Waals surface area contributed by atoms with E-state index >= 15 is 0 Å². The third kappa shape index (κ3) is 3.62. The van der Waals surface area contributed by atoms with Crippen molar-refractivity contribution in [2.45, 2.75) is 17.1 Å². The minimum atomic E-state index is -3.95. The van der Waals surface area contributed by atoms with E-state index in [-0.39, 0.29) is 22.2 Å². The predicted octanol–water partition coefficient (Wildman–Crippen LogP) is 0.847. The number of carbonyl (C=O) groups is 1. The van der Waals surface area contributed by atoms with Crippen LogP contribution in [0, 0.1) is 0 Å². The average Bonchev–Trinajstić information content (AvgIpc) is 2.37. The van der Waals surface area contributed by atoms with Crippen molar-refractivity contribution in [3.63, 3.8) is 0 Å². The predicted molar refractivity (Wildman–Crippen MR) is 77.4 cm³/mol. The number of hydrogen-bond donors (Lipinski definition) is 2. The fourth-order valence-electron chi connectivity index (χ4n) is 1.56. The third-order valence-electron chi connectivity index (χ3n) is 2.72. The van der Waals surface area contributed by atoms with Gasteiger partial charge in [0.15, 0.2) is 9.84 Å². The molecule has 0 aliphatic rings. The first-order chi connectivity index (χ1) is 9.32. The van der Waals surface area contributed by atoms with Crippen LogP contribution in [0.5, 0.6) is 0 Å². The molecule has 0 radical (unpaired) electrons. The van der Waals surface area contributed by atoms with E-state index in [1.165, 1.54) is 26.2 Å². The first-order valence-corrected chi connectivity index (χ1v) is 7.79. The Labute approximate surface area is 123 Å². The van der Waals surface area contributed by atoms with Crippen molar-refractivity contribution >= 4 is 33.0 Å². The van der Waals surface area contributed by atoms with Crippen molar-refractivity contribution in [3.8, 4) is 0 Å². The number of nitrogens with two attached hydrogens (primary N) is 1. The smallest absolute Gasteiger partial charge is 0.238 e. The molecule has 1 aromatic carbocycles. The van der Waals surface area contributed by atoms with Crippen LogP contribution in [0.1, 0.15) is 6.92 Å². The molecule has 0 saturated carbocycles. The van der Waals surface area contributed by atoms with Crippen LogP contribution in [-0.4, -0.2) is 39.8 Å². The van der Waals surface area contributed by atoms with Gasteiger partial charge in [0, 0.05) is 13.7 Å². The van der Waals surface area contributed by atoms with Crippen molar-refractivity contribution in [2.75, 3.05) is 26.0 Å². The molecule has 20 heavy (non-hydrogen) atoms. The van der Waals surface area contributed by atoms with E-state index < -0.39 is 21.0 Å². The lowest BCUT2D eigenvalue weighted by molar-refractivity contribution is -0.120. The summed E-state index contributed by atoms with van der Waals surface area (Å²) < 4.78 is 29.6. The summed E-state index contributed by atoms with van der Waals surface area (Å²) in [6.07, 6.45) is 0. The number of ether oxygens (including phenoxy) is 1. The first kappa shape index (κ1) is 16.7. The van der Waals surface area contributed by atoms with Gasteiger partial charge in [-0.15, -0.1) is 0 Å². The van der Waals surface area contributed by atoms with Gasteiger partial charge in [-0.05, 0) is 19.1 Å². The molecular formula is C12H17ClN2O4S. The highest BCUT2D eigenvalue weighted by atomic mass is 35.5. The van der Waals surface area contributed by atoms with Crippen LogP contribution in [0.4, 0.5) is 5.69 Å². The highest BCUT2D eigenvalue weighted by Crippen LogP contribution is 2.30. The molecule has 1 amide bonds. The SMILES string of the molecule is COCCNC(=O)C(C)S(=O)(=O)c1c(N)cccc1Cl. The minimum Gasteiger partial charge on any atom is -0.398 e. The molecule has 0 aliphatic heterocycles. The van der Waals surface area contributed by atoms with E-state index in [1.54, 1.807) is 6.07 Å². The number of methoxy groups -OCH3 is 1. The van der Waals surface area contributed by atoms with E-state index in [0.717, 1.165) is 0 Å².